The first-order chi connectivity index (χ1) is 9.24. The van der Waals surface area contributed by atoms with E-state index in [2.05, 4.69) is 72.8 Å². The van der Waals surface area contributed by atoms with E-state index in [4.69, 9.17) is 0 Å². The summed E-state index contributed by atoms with van der Waals surface area (Å²) in [6.07, 6.45) is 2.25. The third-order valence-electron chi connectivity index (χ3n) is 3.80. The molecule has 0 saturated heterocycles. The number of nitrogens with zero attached hydrogens (tertiary/aromatic N) is 1. The Morgan fingerprint density at radius 1 is 0.895 bits per heavy atom. The lowest BCUT2D eigenvalue weighted by Crippen LogP contribution is -2.21. The van der Waals surface area contributed by atoms with Crippen molar-refractivity contribution in [2.45, 2.75) is 18.9 Å². The minimum atomic E-state index is 0.512. The predicted molar refractivity (Wildman–Crippen MR) is 82.0 cm³/mol. The molecule has 19 heavy (non-hydrogen) atoms. The molecular weight excluding hydrogens is 232 g/mol. The highest BCUT2D eigenvalue weighted by atomic mass is 15.1. The molecule has 0 radical (unpaired) electrons. The molecule has 0 fully saturated rings. The number of hydrogen-bond donors (Lipinski definition) is 1. The summed E-state index contributed by atoms with van der Waals surface area (Å²) in [7, 11) is 4.17. The van der Waals surface area contributed by atoms with E-state index in [1.165, 1.54) is 22.5 Å². The number of anilines is 2. The van der Waals surface area contributed by atoms with Crippen LogP contribution in [0.15, 0.2) is 48.5 Å². The van der Waals surface area contributed by atoms with Crippen molar-refractivity contribution in [1.82, 2.24) is 0 Å². The molecule has 0 amide bonds. The van der Waals surface area contributed by atoms with Crippen molar-refractivity contribution in [2.75, 3.05) is 24.3 Å². The lowest BCUT2D eigenvalue weighted by atomic mass is 10.1. The molecule has 1 aliphatic rings. The summed E-state index contributed by atoms with van der Waals surface area (Å²) in [5, 5.41) is 3.70. The first kappa shape index (κ1) is 12.1. The van der Waals surface area contributed by atoms with Crippen molar-refractivity contribution in [3.8, 4) is 0 Å². The van der Waals surface area contributed by atoms with Gasteiger partial charge in [-0.1, -0.05) is 36.4 Å². The van der Waals surface area contributed by atoms with Gasteiger partial charge in [0.15, 0.2) is 0 Å². The number of fused-ring (bicyclic) bond motifs is 1. The molecule has 0 heterocycles. The fourth-order valence-electron chi connectivity index (χ4n) is 2.87. The van der Waals surface area contributed by atoms with Gasteiger partial charge in [0.1, 0.15) is 0 Å². The Morgan fingerprint density at radius 2 is 1.47 bits per heavy atom. The number of hydrogen-bond acceptors (Lipinski definition) is 2. The van der Waals surface area contributed by atoms with Crippen LogP contribution >= 0.6 is 0 Å². The van der Waals surface area contributed by atoms with Crippen molar-refractivity contribution in [2.24, 2.45) is 0 Å². The summed E-state index contributed by atoms with van der Waals surface area (Å²) in [6.45, 7) is 0. The van der Waals surface area contributed by atoms with E-state index in [0.717, 1.165) is 12.8 Å². The second-order valence-corrected chi connectivity index (χ2v) is 5.43. The Labute approximate surface area is 115 Å². The van der Waals surface area contributed by atoms with Crippen LogP contribution in [0, 0.1) is 0 Å². The van der Waals surface area contributed by atoms with Crippen LogP contribution in [-0.2, 0) is 12.8 Å². The van der Waals surface area contributed by atoms with Gasteiger partial charge in [-0.25, -0.2) is 0 Å². The van der Waals surface area contributed by atoms with Gasteiger partial charge in [-0.05, 0) is 36.1 Å². The van der Waals surface area contributed by atoms with Crippen LogP contribution in [0.3, 0.4) is 0 Å². The van der Waals surface area contributed by atoms with Gasteiger partial charge < -0.3 is 10.2 Å². The van der Waals surface area contributed by atoms with E-state index in [1.54, 1.807) is 0 Å². The average molecular weight is 252 g/mol. The van der Waals surface area contributed by atoms with Crippen molar-refractivity contribution < 1.29 is 0 Å². The van der Waals surface area contributed by atoms with Crippen LogP contribution in [0.4, 0.5) is 11.4 Å². The summed E-state index contributed by atoms with van der Waals surface area (Å²) in [4.78, 5) is 2.16. The Bertz CT molecular complexity index is 550. The first-order valence-corrected chi connectivity index (χ1v) is 6.84. The van der Waals surface area contributed by atoms with E-state index in [9.17, 15) is 0 Å². The molecule has 2 aromatic rings. The summed E-state index contributed by atoms with van der Waals surface area (Å²) in [5.41, 5.74) is 5.45. The molecule has 1 N–H and O–H groups in total. The largest absolute Gasteiger partial charge is 0.380 e. The van der Waals surface area contributed by atoms with Crippen LogP contribution in [0.5, 0.6) is 0 Å². The van der Waals surface area contributed by atoms with Crippen molar-refractivity contribution >= 4 is 11.4 Å². The summed E-state index contributed by atoms with van der Waals surface area (Å²) in [6, 6.07) is 17.8. The monoisotopic (exact) mass is 252 g/mol. The van der Waals surface area contributed by atoms with E-state index in [-0.39, 0.29) is 0 Å². The smallest absolute Gasteiger partial charge is 0.0596 e. The van der Waals surface area contributed by atoms with E-state index >= 15 is 0 Å². The highest BCUT2D eigenvalue weighted by Crippen LogP contribution is 2.28. The van der Waals surface area contributed by atoms with Crippen molar-refractivity contribution in [1.29, 1.82) is 0 Å². The van der Waals surface area contributed by atoms with E-state index < -0.39 is 0 Å². The number of rotatable bonds is 3. The lowest BCUT2D eigenvalue weighted by molar-refractivity contribution is 0.774. The van der Waals surface area contributed by atoms with Crippen LogP contribution < -0.4 is 10.2 Å². The highest BCUT2D eigenvalue weighted by Gasteiger charge is 2.21. The highest BCUT2D eigenvalue weighted by molar-refractivity contribution is 5.70. The van der Waals surface area contributed by atoms with Gasteiger partial charge in [0.05, 0.1) is 11.4 Å². The van der Waals surface area contributed by atoms with Gasteiger partial charge in [0, 0.05) is 20.1 Å². The quantitative estimate of drug-likeness (QED) is 0.901. The maximum Gasteiger partial charge on any atom is 0.0596 e. The van der Waals surface area contributed by atoms with Crippen molar-refractivity contribution in [3.05, 3.63) is 59.7 Å². The lowest BCUT2D eigenvalue weighted by Gasteiger charge is -2.21. The molecule has 3 rings (SSSR count). The molecule has 2 heteroatoms. The zero-order valence-electron chi connectivity index (χ0n) is 11.6. The van der Waals surface area contributed by atoms with Gasteiger partial charge >= 0.3 is 0 Å². The Balaban J connectivity index is 1.78. The molecule has 2 nitrogen and oxygen atoms in total. The predicted octanol–water partition coefficient (Wildman–Crippen LogP) is 3.33. The average Bonchev–Trinajstić information content (AvgIpc) is 2.81. The summed E-state index contributed by atoms with van der Waals surface area (Å²) < 4.78 is 0. The van der Waals surface area contributed by atoms with Crippen molar-refractivity contribution in [3.63, 3.8) is 0 Å². The molecule has 0 saturated carbocycles. The Hall–Kier alpha value is -1.96. The zero-order chi connectivity index (χ0) is 13.2. The number of para-hydroxylation sites is 2. The molecule has 0 unspecified atom stereocenters. The van der Waals surface area contributed by atoms with E-state index in [0.29, 0.717) is 6.04 Å². The second kappa shape index (κ2) is 4.96. The SMILES string of the molecule is CN(C)c1ccccc1NC1Cc2ccccc2C1. The number of benzene rings is 2. The minimum Gasteiger partial charge on any atom is -0.380 e. The maximum atomic E-state index is 3.70. The van der Waals surface area contributed by atoms with Gasteiger partial charge in [-0.2, -0.15) is 0 Å². The second-order valence-electron chi connectivity index (χ2n) is 5.43. The normalized spacial score (nSPS) is 14.2. The molecule has 98 valence electrons. The van der Waals surface area contributed by atoms with Crippen LogP contribution in [0.2, 0.25) is 0 Å². The fourth-order valence-corrected chi connectivity index (χ4v) is 2.87. The maximum absolute atomic E-state index is 3.70. The molecule has 0 aromatic heterocycles. The van der Waals surface area contributed by atoms with Gasteiger partial charge in [0.2, 0.25) is 0 Å². The Morgan fingerprint density at radius 3 is 2.11 bits per heavy atom. The van der Waals surface area contributed by atoms with Gasteiger partial charge in [0.25, 0.3) is 0 Å². The molecule has 0 aliphatic heterocycles. The zero-order valence-corrected chi connectivity index (χ0v) is 11.6. The van der Waals surface area contributed by atoms with Crippen LogP contribution in [0.1, 0.15) is 11.1 Å². The summed E-state index contributed by atoms with van der Waals surface area (Å²) in [5.74, 6) is 0. The third-order valence-corrected chi connectivity index (χ3v) is 3.80. The molecule has 0 spiro atoms. The van der Waals surface area contributed by atoms with Gasteiger partial charge in [-0.15, -0.1) is 0 Å². The Kier molecular flexibility index (Phi) is 3.16. The standard InChI is InChI=1S/C17H20N2/c1-19(2)17-10-6-5-9-16(17)18-15-11-13-7-3-4-8-14(13)12-15/h3-10,15,18H,11-12H2,1-2H3. The van der Waals surface area contributed by atoms with E-state index in [1.807, 2.05) is 0 Å². The summed E-state index contributed by atoms with van der Waals surface area (Å²) >= 11 is 0. The minimum absolute atomic E-state index is 0.512. The fraction of sp³-hybridized carbons (Fsp3) is 0.294. The number of nitrogens with one attached hydrogen (secondary N) is 1. The van der Waals surface area contributed by atoms with Crippen LogP contribution in [-0.4, -0.2) is 20.1 Å². The topological polar surface area (TPSA) is 15.3 Å². The molecule has 0 atom stereocenters. The molecular formula is C17H20N2. The van der Waals surface area contributed by atoms with Crippen LogP contribution in [0.25, 0.3) is 0 Å². The molecule has 1 aliphatic carbocycles. The van der Waals surface area contributed by atoms with Gasteiger partial charge in [-0.3, -0.25) is 0 Å². The molecule has 2 aromatic carbocycles. The first-order valence-electron chi connectivity index (χ1n) is 6.84. The molecule has 0 bridgehead atoms. The third kappa shape index (κ3) is 2.43.